The van der Waals surface area contributed by atoms with Gasteiger partial charge in [0.15, 0.2) is 0 Å². The summed E-state index contributed by atoms with van der Waals surface area (Å²) in [5.74, 6) is -1.44. The number of hydrogen-bond donors (Lipinski definition) is 1. The van der Waals surface area contributed by atoms with Crippen LogP contribution in [0.15, 0.2) is 18.2 Å². The zero-order chi connectivity index (χ0) is 14.4. The molecule has 1 N–H and O–H groups in total. The van der Waals surface area contributed by atoms with Crippen molar-refractivity contribution in [2.24, 2.45) is 0 Å². The van der Waals surface area contributed by atoms with Gasteiger partial charge in [0.25, 0.3) is 0 Å². The summed E-state index contributed by atoms with van der Waals surface area (Å²) in [7, 11) is 1.58. The lowest BCUT2D eigenvalue weighted by Crippen LogP contribution is -2.30. The van der Waals surface area contributed by atoms with Gasteiger partial charge in [0, 0.05) is 23.6 Å². The number of nitrogens with zero attached hydrogens (tertiary/aromatic N) is 1. The summed E-state index contributed by atoms with van der Waals surface area (Å²) in [5, 5.41) is 9.37. The van der Waals surface area contributed by atoms with Crippen LogP contribution in [0.4, 0.5) is 0 Å². The van der Waals surface area contributed by atoms with E-state index in [0.29, 0.717) is 16.6 Å². The van der Waals surface area contributed by atoms with E-state index in [2.05, 4.69) is 0 Å². The Morgan fingerprint density at radius 1 is 1.32 bits per heavy atom. The SMILES string of the molecule is CN(Cc1ccc(Cl)cc1Cl)C(=O)COCC(=O)O. The average Bonchev–Trinajstić information content (AvgIpc) is 2.32. The molecule has 0 aromatic heterocycles. The Morgan fingerprint density at radius 3 is 2.58 bits per heavy atom. The molecule has 0 spiro atoms. The van der Waals surface area contributed by atoms with Crippen LogP contribution < -0.4 is 0 Å². The van der Waals surface area contributed by atoms with Gasteiger partial charge in [-0.25, -0.2) is 4.79 Å². The predicted octanol–water partition coefficient (Wildman–Crippen LogP) is 2.05. The van der Waals surface area contributed by atoms with Crippen molar-refractivity contribution in [3.63, 3.8) is 0 Å². The first kappa shape index (κ1) is 15.8. The van der Waals surface area contributed by atoms with Crippen molar-refractivity contribution in [1.29, 1.82) is 0 Å². The fourth-order valence-corrected chi connectivity index (χ4v) is 1.80. The minimum atomic E-state index is -1.11. The Kier molecular flexibility index (Phi) is 6.08. The summed E-state index contributed by atoms with van der Waals surface area (Å²) in [6.07, 6.45) is 0. The normalized spacial score (nSPS) is 10.3. The summed E-state index contributed by atoms with van der Waals surface area (Å²) < 4.78 is 4.72. The third-order valence-corrected chi connectivity index (χ3v) is 2.89. The largest absolute Gasteiger partial charge is 0.480 e. The third kappa shape index (κ3) is 5.46. The molecule has 5 nitrogen and oxygen atoms in total. The minimum absolute atomic E-state index is 0.284. The molecule has 1 aromatic carbocycles. The Balaban J connectivity index is 2.51. The summed E-state index contributed by atoms with van der Waals surface area (Å²) in [5.41, 5.74) is 0.750. The maximum atomic E-state index is 11.6. The monoisotopic (exact) mass is 305 g/mol. The lowest BCUT2D eigenvalue weighted by Gasteiger charge is -2.17. The molecule has 0 aliphatic rings. The van der Waals surface area contributed by atoms with E-state index in [1.165, 1.54) is 4.90 Å². The highest BCUT2D eigenvalue weighted by Crippen LogP contribution is 2.21. The summed E-state index contributed by atoms with van der Waals surface area (Å²) >= 11 is 11.8. The molecular weight excluding hydrogens is 293 g/mol. The fraction of sp³-hybridized carbons (Fsp3) is 0.333. The van der Waals surface area contributed by atoms with Crippen LogP contribution >= 0.6 is 23.2 Å². The standard InChI is InChI=1S/C12H13Cl2NO4/c1-15(11(16)6-19-7-12(17)18)5-8-2-3-9(13)4-10(8)14/h2-4H,5-7H2,1H3,(H,17,18). The van der Waals surface area contributed by atoms with Crippen LogP contribution in [-0.2, 0) is 20.9 Å². The van der Waals surface area contributed by atoms with Crippen LogP contribution in [-0.4, -0.2) is 42.1 Å². The fourth-order valence-electron chi connectivity index (χ4n) is 1.33. The molecule has 0 aliphatic carbocycles. The van der Waals surface area contributed by atoms with Gasteiger partial charge in [0.2, 0.25) is 5.91 Å². The molecule has 0 heterocycles. The molecule has 0 radical (unpaired) electrons. The van der Waals surface area contributed by atoms with E-state index in [-0.39, 0.29) is 12.5 Å². The highest BCUT2D eigenvalue weighted by molar-refractivity contribution is 6.35. The second-order valence-electron chi connectivity index (χ2n) is 3.87. The molecular formula is C12H13Cl2NO4. The molecule has 0 bridgehead atoms. The van der Waals surface area contributed by atoms with Crippen molar-refractivity contribution < 1.29 is 19.4 Å². The maximum absolute atomic E-state index is 11.6. The molecule has 0 aliphatic heterocycles. The zero-order valence-corrected chi connectivity index (χ0v) is 11.7. The molecule has 104 valence electrons. The number of hydrogen-bond acceptors (Lipinski definition) is 3. The van der Waals surface area contributed by atoms with Crippen LogP contribution in [0.1, 0.15) is 5.56 Å². The summed E-state index contributed by atoms with van der Waals surface area (Å²) in [6, 6.07) is 5.01. The van der Waals surface area contributed by atoms with Crippen molar-refractivity contribution in [1.82, 2.24) is 4.90 Å². The van der Waals surface area contributed by atoms with Crippen molar-refractivity contribution in [3.05, 3.63) is 33.8 Å². The first-order chi connectivity index (χ1) is 8.90. The number of likely N-dealkylation sites (N-methyl/N-ethyl adjacent to an activating group) is 1. The number of rotatable bonds is 6. The summed E-state index contributed by atoms with van der Waals surface area (Å²) in [4.78, 5) is 23.3. The van der Waals surface area contributed by atoms with E-state index in [9.17, 15) is 9.59 Å². The van der Waals surface area contributed by atoms with Crippen LogP contribution in [0.2, 0.25) is 10.0 Å². The number of carboxylic acids is 1. The second kappa shape index (κ2) is 7.33. The van der Waals surface area contributed by atoms with Crippen molar-refractivity contribution in [2.75, 3.05) is 20.3 Å². The van der Waals surface area contributed by atoms with Gasteiger partial charge in [-0.1, -0.05) is 29.3 Å². The van der Waals surface area contributed by atoms with Gasteiger partial charge in [-0.2, -0.15) is 0 Å². The first-order valence-corrected chi connectivity index (χ1v) is 6.13. The van der Waals surface area contributed by atoms with E-state index in [1.54, 1.807) is 25.2 Å². The van der Waals surface area contributed by atoms with Gasteiger partial charge in [-0.15, -0.1) is 0 Å². The van der Waals surface area contributed by atoms with Crippen LogP contribution in [0.25, 0.3) is 0 Å². The lowest BCUT2D eigenvalue weighted by atomic mass is 10.2. The number of benzene rings is 1. The van der Waals surface area contributed by atoms with Crippen molar-refractivity contribution >= 4 is 35.1 Å². The first-order valence-electron chi connectivity index (χ1n) is 5.37. The van der Waals surface area contributed by atoms with Gasteiger partial charge in [0.05, 0.1) is 0 Å². The topological polar surface area (TPSA) is 66.8 Å². The highest BCUT2D eigenvalue weighted by atomic mass is 35.5. The van der Waals surface area contributed by atoms with Gasteiger partial charge < -0.3 is 14.7 Å². The van der Waals surface area contributed by atoms with Gasteiger partial charge >= 0.3 is 5.97 Å². The molecule has 1 amide bonds. The van der Waals surface area contributed by atoms with Gasteiger partial charge in [0.1, 0.15) is 13.2 Å². The number of halogens is 2. The predicted molar refractivity (Wildman–Crippen MR) is 71.4 cm³/mol. The number of carboxylic acid groups (broad SMARTS) is 1. The number of carbonyl (C=O) groups excluding carboxylic acids is 1. The quantitative estimate of drug-likeness (QED) is 0.873. The molecule has 7 heteroatoms. The number of ether oxygens (including phenoxy) is 1. The van der Waals surface area contributed by atoms with E-state index < -0.39 is 12.6 Å². The molecule has 0 unspecified atom stereocenters. The molecule has 1 rings (SSSR count). The number of aliphatic carboxylic acids is 1. The van der Waals surface area contributed by atoms with Crippen molar-refractivity contribution in [3.8, 4) is 0 Å². The molecule has 0 saturated heterocycles. The molecule has 19 heavy (non-hydrogen) atoms. The number of amides is 1. The van der Waals surface area contributed by atoms with Gasteiger partial charge in [-0.05, 0) is 17.7 Å². The van der Waals surface area contributed by atoms with E-state index in [0.717, 1.165) is 5.56 Å². The molecule has 0 saturated carbocycles. The lowest BCUT2D eigenvalue weighted by molar-refractivity contribution is -0.145. The Labute approximate surface area is 120 Å². The molecule has 1 aromatic rings. The molecule has 0 fully saturated rings. The third-order valence-electron chi connectivity index (χ3n) is 2.30. The van der Waals surface area contributed by atoms with Crippen LogP contribution in [0.5, 0.6) is 0 Å². The average molecular weight is 306 g/mol. The van der Waals surface area contributed by atoms with Crippen molar-refractivity contribution in [2.45, 2.75) is 6.54 Å². The van der Waals surface area contributed by atoms with E-state index in [4.69, 9.17) is 33.0 Å². The maximum Gasteiger partial charge on any atom is 0.329 e. The van der Waals surface area contributed by atoms with Gasteiger partial charge in [-0.3, -0.25) is 4.79 Å². The van der Waals surface area contributed by atoms with Crippen LogP contribution in [0.3, 0.4) is 0 Å². The Hall–Kier alpha value is -1.30. The second-order valence-corrected chi connectivity index (χ2v) is 4.72. The van der Waals surface area contributed by atoms with E-state index in [1.807, 2.05) is 0 Å². The van der Waals surface area contributed by atoms with E-state index >= 15 is 0 Å². The smallest absolute Gasteiger partial charge is 0.329 e. The Morgan fingerprint density at radius 2 is 2.00 bits per heavy atom. The Bertz CT molecular complexity index is 479. The minimum Gasteiger partial charge on any atom is -0.480 e. The molecule has 0 atom stereocenters. The number of carbonyl (C=O) groups is 2. The summed E-state index contributed by atoms with van der Waals surface area (Å²) in [6.45, 7) is -0.486. The highest BCUT2D eigenvalue weighted by Gasteiger charge is 2.12. The van der Waals surface area contributed by atoms with Crippen LogP contribution in [0, 0.1) is 0 Å². The zero-order valence-electron chi connectivity index (χ0n) is 10.2.